The molecule has 2 aromatic carbocycles. The Morgan fingerprint density at radius 2 is 1.88 bits per heavy atom. The molecule has 1 atom stereocenters. The summed E-state index contributed by atoms with van der Waals surface area (Å²) in [5.74, 6) is 2.06. The van der Waals surface area contributed by atoms with E-state index in [4.69, 9.17) is 10.1 Å². The lowest BCUT2D eigenvalue weighted by atomic mass is 9.89. The van der Waals surface area contributed by atoms with E-state index in [1.165, 1.54) is 18.4 Å². The number of hydrogen-bond acceptors (Lipinski definition) is 5. The topological polar surface area (TPSA) is 75.1 Å². The van der Waals surface area contributed by atoms with Crippen LogP contribution in [0.5, 0.6) is 0 Å². The fourth-order valence-electron chi connectivity index (χ4n) is 4.91. The van der Waals surface area contributed by atoms with Crippen LogP contribution in [0.25, 0.3) is 11.4 Å². The Balaban J connectivity index is 1.39. The lowest BCUT2D eigenvalue weighted by Crippen LogP contribution is -2.29. The highest BCUT2D eigenvalue weighted by Crippen LogP contribution is 2.32. The van der Waals surface area contributed by atoms with E-state index in [1.54, 1.807) is 0 Å². The van der Waals surface area contributed by atoms with Crippen molar-refractivity contribution < 1.29 is 4.79 Å². The molecule has 5 rings (SSSR count). The summed E-state index contributed by atoms with van der Waals surface area (Å²) < 4.78 is 1.89. The van der Waals surface area contributed by atoms with Gasteiger partial charge in [0, 0.05) is 23.4 Å². The van der Waals surface area contributed by atoms with Gasteiger partial charge in [-0.25, -0.2) is 4.68 Å². The first-order valence-electron chi connectivity index (χ1n) is 11.9. The van der Waals surface area contributed by atoms with E-state index in [9.17, 15) is 4.79 Å². The molecule has 0 radical (unpaired) electrons. The molecule has 1 unspecified atom stereocenters. The first-order chi connectivity index (χ1) is 15.9. The second kappa shape index (κ2) is 8.63. The highest BCUT2D eigenvalue weighted by Gasteiger charge is 2.26. The second-order valence-electron chi connectivity index (χ2n) is 9.35. The van der Waals surface area contributed by atoms with Gasteiger partial charge in [-0.15, -0.1) is 5.10 Å². The maximum atomic E-state index is 12.1. The van der Waals surface area contributed by atoms with Crippen molar-refractivity contribution in [1.82, 2.24) is 25.0 Å². The maximum absolute atomic E-state index is 12.1. The van der Waals surface area contributed by atoms with Crippen molar-refractivity contribution in [2.45, 2.75) is 52.1 Å². The summed E-state index contributed by atoms with van der Waals surface area (Å²) in [5, 5.41) is 11.2. The van der Waals surface area contributed by atoms with Crippen LogP contribution in [0.2, 0.25) is 0 Å². The lowest BCUT2D eigenvalue weighted by molar-refractivity contribution is 0.0958. The average Bonchev–Trinajstić information content (AvgIpc) is 3.35. The number of anilines is 2. The van der Waals surface area contributed by atoms with Crippen LogP contribution in [-0.2, 0) is 6.54 Å². The molecule has 0 bridgehead atoms. The number of nitrogens with zero attached hydrogens (tertiary/aromatic N) is 4. The normalized spacial score (nSPS) is 18.9. The van der Waals surface area contributed by atoms with Gasteiger partial charge in [-0.05, 0) is 88.5 Å². The van der Waals surface area contributed by atoms with E-state index < -0.39 is 0 Å². The molecule has 2 N–H and O–H groups in total. The molecule has 3 aromatic rings. The highest BCUT2D eigenvalue weighted by molar-refractivity contribution is 6.00. The molecule has 0 spiro atoms. The SMILES string of the molecule is CCn1nc(-c2ccc(C3CCN(C)CC3)cc2)nc1Nc1cc2c(cc1C)C(=O)NC2C. The molecule has 1 aromatic heterocycles. The molecule has 2 aliphatic rings. The van der Waals surface area contributed by atoms with E-state index in [0.717, 1.165) is 46.9 Å². The number of aryl methyl sites for hydroxylation is 2. The van der Waals surface area contributed by atoms with Crippen molar-refractivity contribution in [2.75, 3.05) is 25.5 Å². The quantitative estimate of drug-likeness (QED) is 0.600. The van der Waals surface area contributed by atoms with E-state index in [0.29, 0.717) is 18.4 Å². The van der Waals surface area contributed by atoms with Crippen LogP contribution in [0.1, 0.15) is 65.7 Å². The molecule has 0 saturated carbocycles. The van der Waals surface area contributed by atoms with Crippen molar-refractivity contribution >= 4 is 17.5 Å². The highest BCUT2D eigenvalue weighted by atomic mass is 16.2. The first kappa shape index (κ1) is 21.6. The molecular weight excluding hydrogens is 412 g/mol. The van der Waals surface area contributed by atoms with Gasteiger partial charge in [0.05, 0.1) is 6.04 Å². The number of likely N-dealkylation sites (tertiary alicyclic amines) is 1. The van der Waals surface area contributed by atoms with E-state index in [-0.39, 0.29) is 11.9 Å². The Morgan fingerprint density at radius 1 is 1.15 bits per heavy atom. The van der Waals surface area contributed by atoms with Crippen LogP contribution in [0, 0.1) is 6.92 Å². The Hall–Kier alpha value is -3.19. The first-order valence-corrected chi connectivity index (χ1v) is 11.9. The van der Waals surface area contributed by atoms with Gasteiger partial charge in [0.2, 0.25) is 5.95 Å². The molecule has 7 nitrogen and oxygen atoms in total. The summed E-state index contributed by atoms with van der Waals surface area (Å²) in [4.78, 5) is 19.4. The maximum Gasteiger partial charge on any atom is 0.252 e. The zero-order valence-corrected chi connectivity index (χ0v) is 19.9. The molecular formula is C26H32N6O. The Bertz CT molecular complexity index is 1170. The molecule has 2 aliphatic heterocycles. The van der Waals surface area contributed by atoms with Gasteiger partial charge < -0.3 is 15.5 Å². The second-order valence-corrected chi connectivity index (χ2v) is 9.35. The van der Waals surface area contributed by atoms with Gasteiger partial charge in [0.1, 0.15) is 0 Å². The predicted octanol–water partition coefficient (Wildman–Crippen LogP) is 4.63. The van der Waals surface area contributed by atoms with Gasteiger partial charge >= 0.3 is 0 Å². The summed E-state index contributed by atoms with van der Waals surface area (Å²) in [5.41, 5.74) is 6.16. The molecule has 1 saturated heterocycles. The van der Waals surface area contributed by atoms with Crippen LogP contribution in [-0.4, -0.2) is 45.7 Å². The molecule has 1 amide bonds. The number of nitrogens with one attached hydrogen (secondary N) is 2. The predicted molar refractivity (Wildman–Crippen MR) is 131 cm³/mol. The van der Waals surface area contributed by atoms with E-state index in [2.05, 4.69) is 59.8 Å². The molecule has 1 fully saturated rings. The molecule has 33 heavy (non-hydrogen) atoms. The summed E-state index contributed by atoms with van der Waals surface area (Å²) in [6.07, 6.45) is 2.43. The molecule has 7 heteroatoms. The van der Waals surface area contributed by atoms with Gasteiger partial charge in [0.25, 0.3) is 5.91 Å². The molecule has 3 heterocycles. The van der Waals surface area contributed by atoms with E-state index >= 15 is 0 Å². The number of fused-ring (bicyclic) bond motifs is 1. The number of benzene rings is 2. The van der Waals surface area contributed by atoms with Crippen LogP contribution >= 0.6 is 0 Å². The van der Waals surface area contributed by atoms with Crippen molar-refractivity contribution in [1.29, 1.82) is 0 Å². The van der Waals surface area contributed by atoms with E-state index in [1.807, 2.05) is 24.6 Å². The third kappa shape index (κ3) is 4.13. The third-order valence-corrected chi connectivity index (χ3v) is 7.03. The van der Waals surface area contributed by atoms with Gasteiger partial charge in [-0.1, -0.05) is 24.3 Å². The monoisotopic (exact) mass is 444 g/mol. The fourth-order valence-corrected chi connectivity index (χ4v) is 4.91. The summed E-state index contributed by atoms with van der Waals surface area (Å²) in [6.45, 7) is 9.11. The van der Waals surface area contributed by atoms with Gasteiger partial charge in [-0.2, -0.15) is 4.98 Å². The van der Waals surface area contributed by atoms with Crippen molar-refractivity contribution in [2.24, 2.45) is 0 Å². The zero-order valence-electron chi connectivity index (χ0n) is 19.9. The summed E-state index contributed by atoms with van der Waals surface area (Å²) >= 11 is 0. The van der Waals surface area contributed by atoms with Crippen LogP contribution in [0.3, 0.4) is 0 Å². The summed E-state index contributed by atoms with van der Waals surface area (Å²) in [7, 11) is 2.20. The van der Waals surface area contributed by atoms with Gasteiger partial charge in [-0.3, -0.25) is 4.79 Å². The van der Waals surface area contributed by atoms with Crippen molar-refractivity contribution in [3.63, 3.8) is 0 Å². The lowest BCUT2D eigenvalue weighted by Gasteiger charge is -2.29. The number of hydrogen-bond donors (Lipinski definition) is 2. The van der Waals surface area contributed by atoms with Crippen LogP contribution in [0.4, 0.5) is 11.6 Å². The number of rotatable bonds is 5. The number of piperidine rings is 1. The fraction of sp³-hybridized carbons (Fsp3) is 0.423. The number of amides is 1. The largest absolute Gasteiger partial charge is 0.345 e. The van der Waals surface area contributed by atoms with Gasteiger partial charge in [0.15, 0.2) is 5.82 Å². The number of carbonyl (C=O) groups is 1. The van der Waals surface area contributed by atoms with Crippen molar-refractivity contribution in [3.05, 3.63) is 58.7 Å². The molecule has 0 aliphatic carbocycles. The smallest absolute Gasteiger partial charge is 0.252 e. The third-order valence-electron chi connectivity index (χ3n) is 7.03. The standard InChI is InChI=1S/C26H32N6O/c1-5-32-26(28-23-15-21-17(3)27-25(33)22(21)14-16(23)2)29-24(30-32)20-8-6-18(7-9-20)19-10-12-31(4)13-11-19/h6-9,14-15,17,19H,5,10-13H2,1-4H3,(H,27,33)(H,28,29,30). The average molecular weight is 445 g/mol. The number of aromatic nitrogens is 3. The minimum absolute atomic E-state index is 0.00476. The minimum atomic E-state index is -0.00476. The Kier molecular flexibility index (Phi) is 5.66. The minimum Gasteiger partial charge on any atom is -0.345 e. The Labute approximate surface area is 195 Å². The van der Waals surface area contributed by atoms with Crippen LogP contribution in [0.15, 0.2) is 36.4 Å². The number of carbonyl (C=O) groups excluding carboxylic acids is 1. The molecule has 172 valence electrons. The zero-order chi connectivity index (χ0) is 23.1. The summed E-state index contributed by atoms with van der Waals surface area (Å²) in [6, 6.07) is 12.8. The van der Waals surface area contributed by atoms with Crippen molar-refractivity contribution in [3.8, 4) is 11.4 Å². The Morgan fingerprint density at radius 3 is 2.58 bits per heavy atom. The van der Waals surface area contributed by atoms with Crippen LogP contribution < -0.4 is 10.6 Å².